The quantitative estimate of drug-likeness (QED) is 0.756. The lowest BCUT2D eigenvalue weighted by Gasteiger charge is -2.14. The van der Waals surface area contributed by atoms with Crippen LogP contribution in [-0.2, 0) is 0 Å². The molecule has 0 aliphatic rings. The summed E-state index contributed by atoms with van der Waals surface area (Å²) >= 11 is 0. The van der Waals surface area contributed by atoms with Gasteiger partial charge in [0.05, 0.1) is 7.11 Å². The molecule has 0 aliphatic carbocycles. The maximum Gasteiger partial charge on any atom is 0.122 e. The van der Waals surface area contributed by atoms with E-state index in [-0.39, 0.29) is 6.04 Å². The molecule has 0 spiro atoms. The van der Waals surface area contributed by atoms with Crippen molar-refractivity contribution in [2.45, 2.75) is 26.8 Å². The van der Waals surface area contributed by atoms with Crippen molar-refractivity contribution in [1.29, 1.82) is 0 Å². The summed E-state index contributed by atoms with van der Waals surface area (Å²) < 4.78 is 5.22. The Hall–Kier alpha value is -1.02. The molecular formula is C11H17NO. The van der Waals surface area contributed by atoms with E-state index in [4.69, 9.17) is 10.5 Å². The average Bonchev–Trinajstić information content (AvgIpc) is 2.09. The Balaban J connectivity index is 3.23. The van der Waals surface area contributed by atoms with Crippen molar-refractivity contribution < 1.29 is 4.74 Å². The Morgan fingerprint density at radius 1 is 1.23 bits per heavy atom. The highest BCUT2D eigenvalue weighted by atomic mass is 16.5. The van der Waals surface area contributed by atoms with Gasteiger partial charge in [0.15, 0.2) is 0 Å². The minimum absolute atomic E-state index is 0.0876. The average molecular weight is 179 g/mol. The first-order valence-electron chi connectivity index (χ1n) is 4.47. The normalized spacial score (nSPS) is 12.7. The molecule has 0 amide bonds. The zero-order valence-electron chi connectivity index (χ0n) is 8.72. The lowest BCUT2D eigenvalue weighted by molar-refractivity contribution is 0.411. The highest BCUT2D eigenvalue weighted by molar-refractivity contribution is 5.44. The van der Waals surface area contributed by atoms with Crippen LogP contribution in [0.5, 0.6) is 5.75 Å². The lowest BCUT2D eigenvalue weighted by atomic mass is 9.98. The first-order chi connectivity index (χ1) is 6.07. The zero-order valence-corrected chi connectivity index (χ0v) is 8.72. The molecule has 1 aromatic carbocycles. The van der Waals surface area contributed by atoms with Gasteiger partial charge in [0.1, 0.15) is 5.75 Å². The molecule has 1 rings (SSSR count). The number of nitrogens with two attached hydrogens (primary N) is 1. The van der Waals surface area contributed by atoms with Gasteiger partial charge in [0.25, 0.3) is 0 Å². The fraction of sp³-hybridized carbons (Fsp3) is 0.455. The van der Waals surface area contributed by atoms with E-state index in [1.807, 2.05) is 19.1 Å². The highest BCUT2D eigenvalue weighted by Gasteiger charge is 2.08. The van der Waals surface area contributed by atoms with Crippen molar-refractivity contribution in [3.05, 3.63) is 28.8 Å². The van der Waals surface area contributed by atoms with Crippen molar-refractivity contribution >= 4 is 0 Å². The Morgan fingerprint density at radius 3 is 2.31 bits per heavy atom. The molecule has 0 radical (unpaired) electrons. The van der Waals surface area contributed by atoms with E-state index in [1.54, 1.807) is 7.11 Å². The molecule has 72 valence electrons. The summed E-state index contributed by atoms with van der Waals surface area (Å²) in [6, 6.07) is 4.09. The molecule has 2 nitrogen and oxygen atoms in total. The maximum absolute atomic E-state index is 5.83. The standard InChI is InChI=1S/C11H17NO/c1-7-8(2)11(13-4)6-5-10(7)9(3)12/h5-6,9H,12H2,1-4H3/t9-/m0/s1. The Morgan fingerprint density at radius 2 is 1.85 bits per heavy atom. The molecule has 2 heteroatoms. The molecule has 0 saturated heterocycles. The van der Waals surface area contributed by atoms with E-state index in [9.17, 15) is 0 Å². The van der Waals surface area contributed by atoms with Crippen LogP contribution in [0.15, 0.2) is 12.1 Å². The van der Waals surface area contributed by atoms with Gasteiger partial charge in [-0.25, -0.2) is 0 Å². The van der Waals surface area contributed by atoms with E-state index >= 15 is 0 Å². The number of methoxy groups -OCH3 is 1. The Kier molecular flexibility index (Phi) is 2.94. The number of hydrogen-bond acceptors (Lipinski definition) is 2. The van der Waals surface area contributed by atoms with E-state index in [0.29, 0.717) is 0 Å². The van der Waals surface area contributed by atoms with E-state index in [2.05, 4.69) is 13.8 Å². The van der Waals surface area contributed by atoms with Crippen LogP contribution in [-0.4, -0.2) is 7.11 Å². The van der Waals surface area contributed by atoms with E-state index in [0.717, 1.165) is 5.75 Å². The van der Waals surface area contributed by atoms with Gasteiger partial charge in [0, 0.05) is 6.04 Å². The van der Waals surface area contributed by atoms with Crippen LogP contribution in [0.1, 0.15) is 29.7 Å². The fourth-order valence-corrected chi connectivity index (χ4v) is 1.53. The molecule has 0 bridgehead atoms. The predicted octanol–water partition coefficient (Wildman–Crippen LogP) is 2.33. The highest BCUT2D eigenvalue weighted by Crippen LogP contribution is 2.26. The van der Waals surface area contributed by atoms with Gasteiger partial charge in [-0.1, -0.05) is 6.07 Å². The zero-order chi connectivity index (χ0) is 10.0. The number of rotatable bonds is 2. The summed E-state index contributed by atoms with van der Waals surface area (Å²) in [4.78, 5) is 0. The van der Waals surface area contributed by atoms with Crippen LogP contribution in [0.3, 0.4) is 0 Å². The summed E-state index contributed by atoms with van der Waals surface area (Å²) in [5, 5.41) is 0. The molecule has 1 aromatic rings. The molecule has 13 heavy (non-hydrogen) atoms. The third-order valence-electron chi connectivity index (χ3n) is 2.49. The lowest BCUT2D eigenvalue weighted by Crippen LogP contribution is -2.08. The molecule has 0 saturated carbocycles. The summed E-state index contributed by atoms with van der Waals surface area (Å²) in [6.45, 7) is 6.13. The molecular weight excluding hydrogens is 162 g/mol. The molecule has 2 N–H and O–H groups in total. The molecule has 0 unspecified atom stereocenters. The Bertz CT molecular complexity index is 305. The van der Waals surface area contributed by atoms with Crippen molar-refractivity contribution in [1.82, 2.24) is 0 Å². The monoisotopic (exact) mass is 179 g/mol. The summed E-state index contributed by atoms with van der Waals surface area (Å²) in [5.41, 5.74) is 9.44. The first kappa shape index (κ1) is 10.1. The smallest absolute Gasteiger partial charge is 0.122 e. The van der Waals surface area contributed by atoms with Crippen LogP contribution in [0, 0.1) is 13.8 Å². The predicted molar refractivity (Wildman–Crippen MR) is 55.1 cm³/mol. The first-order valence-corrected chi connectivity index (χ1v) is 4.47. The number of hydrogen-bond donors (Lipinski definition) is 1. The fourth-order valence-electron chi connectivity index (χ4n) is 1.53. The molecule has 0 heterocycles. The molecule has 0 fully saturated rings. The summed E-state index contributed by atoms with van der Waals surface area (Å²) in [6.07, 6.45) is 0. The van der Waals surface area contributed by atoms with E-state index < -0.39 is 0 Å². The molecule has 1 atom stereocenters. The maximum atomic E-state index is 5.83. The van der Waals surface area contributed by atoms with Crippen LogP contribution in [0.4, 0.5) is 0 Å². The SMILES string of the molecule is COc1ccc([C@H](C)N)c(C)c1C. The summed E-state index contributed by atoms with van der Waals surface area (Å²) in [5.74, 6) is 0.932. The van der Waals surface area contributed by atoms with E-state index in [1.165, 1.54) is 16.7 Å². The van der Waals surface area contributed by atoms with Crippen molar-refractivity contribution in [2.75, 3.05) is 7.11 Å². The second-order valence-electron chi connectivity index (χ2n) is 3.40. The van der Waals surface area contributed by atoms with Gasteiger partial charge < -0.3 is 10.5 Å². The van der Waals surface area contributed by atoms with Gasteiger partial charge in [-0.05, 0) is 43.5 Å². The van der Waals surface area contributed by atoms with Crippen molar-refractivity contribution in [2.24, 2.45) is 5.73 Å². The van der Waals surface area contributed by atoms with Crippen LogP contribution < -0.4 is 10.5 Å². The topological polar surface area (TPSA) is 35.2 Å². The molecule has 0 aromatic heterocycles. The second-order valence-corrected chi connectivity index (χ2v) is 3.40. The van der Waals surface area contributed by atoms with Crippen LogP contribution in [0.25, 0.3) is 0 Å². The van der Waals surface area contributed by atoms with Gasteiger partial charge in [0.2, 0.25) is 0 Å². The minimum Gasteiger partial charge on any atom is -0.496 e. The second kappa shape index (κ2) is 3.79. The Labute approximate surface area is 79.7 Å². The van der Waals surface area contributed by atoms with Gasteiger partial charge in [-0.2, -0.15) is 0 Å². The third-order valence-corrected chi connectivity index (χ3v) is 2.49. The number of ether oxygens (including phenoxy) is 1. The van der Waals surface area contributed by atoms with Crippen molar-refractivity contribution in [3.8, 4) is 5.75 Å². The minimum atomic E-state index is 0.0876. The third kappa shape index (κ3) is 1.83. The van der Waals surface area contributed by atoms with Crippen LogP contribution >= 0.6 is 0 Å². The van der Waals surface area contributed by atoms with Gasteiger partial charge in [-0.3, -0.25) is 0 Å². The van der Waals surface area contributed by atoms with Gasteiger partial charge in [-0.15, -0.1) is 0 Å². The largest absolute Gasteiger partial charge is 0.496 e. The van der Waals surface area contributed by atoms with Gasteiger partial charge >= 0.3 is 0 Å². The number of benzene rings is 1. The molecule has 0 aliphatic heterocycles. The van der Waals surface area contributed by atoms with Crippen LogP contribution in [0.2, 0.25) is 0 Å². The summed E-state index contributed by atoms with van der Waals surface area (Å²) in [7, 11) is 1.69. The van der Waals surface area contributed by atoms with Crippen molar-refractivity contribution in [3.63, 3.8) is 0 Å².